The standard InChI is InChI=1S/2C15H15NO2S/c2*16-14(17)11-19(18)15(12-7-3-1-4-8-12)13-9-5-2-6-10-13/h2*1-10,15H,11H2,(H2,16,17). The molecule has 0 fully saturated rings. The van der Waals surface area contributed by atoms with Gasteiger partial charge in [0.15, 0.2) is 22.0 Å². The fourth-order valence-corrected chi connectivity index (χ4v) is 6.69. The van der Waals surface area contributed by atoms with Crippen LogP contribution in [0.2, 0.25) is 0 Å². The van der Waals surface area contributed by atoms with Crippen molar-refractivity contribution in [3.63, 3.8) is 0 Å². The van der Waals surface area contributed by atoms with Crippen molar-refractivity contribution in [1.82, 2.24) is 0 Å². The van der Waals surface area contributed by atoms with Crippen molar-refractivity contribution >= 4 is 34.2 Å². The molecule has 0 aliphatic rings. The van der Waals surface area contributed by atoms with Gasteiger partial charge in [-0.1, -0.05) is 121 Å². The van der Waals surface area contributed by atoms with Gasteiger partial charge in [0.2, 0.25) is 0 Å². The quantitative estimate of drug-likeness (QED) is 0.291. The van der Waals surface area contributed by atoms with Crippen LogP contribution in [-0.4, -0.2) is 32.4 Å². The van der Waals surface area contributed by atoms with Gasteiger partial charge in [-0.3, -0.25) is 9.59 Å². The predicted octanol–water partition coefficient (Wildman–Crippen LogP) is 4.02. The first kappa shape index (κ1) is 29.0. The lowest BCUT2D eigenvalue weighted by molar-refractivity contribution is -0.116. The molecule has 0 bridgehead atoms. The normalized spacial score (nSPS) is 12.3. The van der Waals surface area contributed by atoms with Crippen LogP contribution < -0.4 is 11.5 Å². The molecule has 4 N–H and O–H groups in total. The predicted molar refractivity (Wildman–Crippen MR) is 154 cm³/mol. The molecule has 4 rings (SSSR count). The molecular weight excluding hydrogens is 516 g/mol. The van der Waals surface area contributed by atoms with Crippen molar-refractivity contribution < 1.29 is 18.7 Å². The summed E-state index contributed by atoms with van der Waals surface area (Å²) in [5.74, 6) is -1.35. The van der Waals surface area contributed by atoms with E-state index in [9.17, 15) is 18.7 Å². The van der Waals surface area contributed by atoms with Crippen LogP contribution in [-0.2, 0) is 31.9 Å². The molecule has 2 unspecified atom stereocenters. The number of amides is 2. The zero-order chi connectivity index (χ0) is 27.3. The average molecular weight is 547 g/mol. The molecule has 0 saturated carbocycles. The molecule has 4 aromatic rings. The molecule has 0 aromatic heterocycles. The van der Waals surface area contributed by atoms with Crippen LogP contribution in [0.1, 0.15) is 32.8 Å². The van der Waals surface area contributed by atoms with E-state index >= 15 is 0 Å². The number of rotatable bonds is 10. The molecule has 196 valence electrons. The summed E-state index contributed by atoms with van der Waals surface area (Å²) < 4.78 is 24.7. The maximum Gasteiger partial charge on any atom is 0.267 e. The molecule has 0 aliphatic heterocycles. The van der Waals surface area contributed by atoms with Crippen LogP contribution in [0.4, 0.5) is 0 Å². The summed E-state index contributed by atoms with van der Waals surface area (Å²) in [4.78, 5) is 22.0. The number of carbonyl (C=O) groups is 2. The summed E-state index contributed by atoms with van der Waals surface area (Å²) in [5, 5.41) is -0.648. The van der Waals surface area contributed by atoms with Crippen LogP contribution in [0.25, 0.3) is 0 Å². The fourth-order valence-electron chi connectivity index (χ4n) is 3.95. The van der Waals surface area contributed by atoms with Gasteiger partial charge in [0.25, 0.3) is 11.8 Å². The molecule has 0 aliphatic carbocycles. The monoisotopic (exact) mass is 546 g/mol. The minimum Gasteiger partial charge on any atom is -0.615 e. The van der Waals surface area contributed by atoms with E-state index in [2.05, 4.69) is 0 Å². The van der Waals surface area contributed by atoms with E-state index in [0.717, 1.165) is 22.3 Å². The van der Waals surface area contributed by atoms with Crippen molar-refractivity contribution in [3.05, 3.63) is 144 Å². The number of carbonyl (C=O) groups excluding carboxylic acids is 2. The first-order chi connectivity index (χ1) is 18.4. The van der Waals surface area contributed by atoms with Gasteiger partial charge in [-0.05, 0) is 22.4 Å². The van der Waals surface area contributed by atoms with Gasteiger partial charge in [0.05, 0.1) is 0 Å². The van der Waals surface area contributed by atoms with Crippen LogP contribution in [0, 0.1) is 0 Å². The van der Waals surface area contributed by atoms with E-state index in [1.807, 2.05) is 121 Å². The average Bonchev–Trinajstić information content (AvgIpc) is 2.91. The molecule has 0 saturated heterocycles. The van der Waals surface area contributed by atoms with Gasteiger partial charge in [-0.15, -0.1) is 0 Å². The van der Waals surface area contributed by atoms with Crippen molar-refractivity contribution in [2.75, 3.05) is 11.5 Å². The summed E-state index contributed by atoms with van der Waals surface area (Å²) in [7, 11) is 0. The lowest BCUT2D eigenvalue weighted by atomic mass is 10.0. The first-order valence-electron chi connectivity index (χ1n) is 11.9. The lowest BCUT2D eigenvalue weighted by Gasteiger charge is -2.21. The molecular formula is C30H30N2O4S2. The smallest absolute Gasteiger partial charge is 0.267 e. The molecule has 4 aromatic carbocycles. The summed E-state index contributed by atoms with van der Waals surface area (Å²) in [5.41, 5.74) is 14.0. The fraction of sp³-hybridized carbons (Fsp3) is 0.133. The van der Waals surface area contributed by atoms with Crippen LogP contribution in [0.15, 0.2) is 121 Å². The molecule has 2 amide bonds. The number of benzene rings is 4. The molecule has 6 nitrogen and oxygen atoms in total. The Morgan fingerprint density at radius 3 is 0.895 bits per heavy atom. The third kappa shape index (κ3) is 8.78. The topological polar surface area (TPSA) is 132 Å². The first-order valence-corrected chi connectivity index (χ1v) is 14.6. The Labute approximate surface area is 229 Å². The molecule has 0 heterocycles. The van der Waals surface area contributed by atoms with Crippen LogP contribution >= 0.6 is 0 Å². The highest BCUT2D eigenvalue weighted by Crippen LogP contribution is 2.31. The highest BCUT2D eigenvalue weighted by molar-refractivity contribution is 7.92. The number of hydrogen-bond acceptors (Lipinski definition) is 4. The zero-order valence-electron chi connectivity index (χ0n) is 20.7. The maximum atomic E-state index is 12.4. The minimum atomic E-state index is -1.36. The van der Waals surface area contributed by atoms with Crippen molar-refractivity contribution in [2.24, 2.45) is 11.5 Å². The van der Waals surface area contributed by atoms with E-state index < -0.39 is 34.2 Å². The third-order valence-corrected chi connectivity index (χ3v) is 8.78. The van der Waals surface area contributed by atoms with Crippen molar-refractivity contribution in [3.8, 4) is 0 Å². The maximum absolute atomic E-state index is 12.4. The number of primary amides is 2. The van der Waals surface area contributed by atoms with Gasteiger partial charge in [0.1, 0.15) is 0 Å². The molecule has 2 atom stereocenters. The van der Waals surface area contributed by atoms with Crippen molar-refractivity contribution in [2.45, 2.75) is 10.5 Å². The molecule has 8 heteroatoms. The second kappa shape index (κ2) is 15.0. The molecule has 38 heavy (non-hydrogen) atoms. The minimum absolute atomic E-state index is 0.131. The Morgan fingerprint density at radius 1 is 0.500 bits per heavy atom. The van der Waals surface area contributed by atoms with E-state index in [-0.39, 0.29) is 22.0 Å². The van der Waals surface area contributed by atoms with Crippen molar-refractivity contribution in [1.29, 1.82) is 0 Å². The van der Waals surface area contributed by atoms with Gasteiger partial charge >= 0.3 is 0 Å². The highest BCUT2D eigenvalue weighted by atomic mass is 32.2. The second-order valence-corrected chi connectivity index (χ2v) is 11.4. The summed E-state index contributed by atoms with van der Waals surface area (Å²) >= 11 is -2.73. The largest absolute Gasteiger partial charge is 0.615 e. The lowest BCUT2D eigenvalue weighted by Crippen LogP contribution is -2.27. The van der Waals surface area contributed by atoms with Gasteiger partial charge in [0, 0.05) is 22.3 Å². The van der Waals surface area contributed by atoms with E-state index in [0.29, 0.717) is 0 Å². The van der Waals surface area contributed by atoms with E-state index in [1.54, 1.807) is 0 Å². The summed E-state index contributed by atoms with van der Waals surface area (Å²) in [6.07, 6.45) is 0. The SMILES string of the molecule is NC(=O)C[S+]([O-])C(c1ccccc1)c1ccccc1.NC(=O)C[S+]([O-])C(c1ccccc1)c1ccccc1. The number of nitrogens with two attached hydrogens (primary N) is 2. The Bertz CT molecular complexity index is 1080. The Morgan fingerprint density at radius 2 is 0.711 bits per heavy atom. The van der Waals surface area contributed by atoms with E-state index in [4.69, 9.17) is 11.5 Å². The van der Waals surface area contributed by atoms with Gasteiger partial charge < -0.3 is 20.6 Å². The van der Waals surface area contributed by atoms with E-state index in [1.165, 1.54) is 0 Å². The molecule has 0 radical (unpaired) electrons. The van der Waals surface area contributed by atoms with Crippen LogP contribution in [0.3, 0.4) is 0 Å². The molecule has 0 spiro atoms. The highest BCUT2D eigenvalue weighted by Gasteiger charge is 2.28. The van der Waals surface area contributed by atoms with Gasteiger partial charge in [-0.25, -0.2) is 0 Å². The summed E-state index contributed by atoms with van der Waals surface area (Å²) in [6, 6.07) is 38.1. The number of hydrogen-bond donors (Lipinski definition) is 2. The second-order valence-electron chi connectivity index (χ2n) is 8.39. The Balaban J connectivity index is 0.000000211. The van der Waals surface area contributed by atoms with Gasteiger partial charge in [-0.2, -0.15) is 0 Å². The van der Waals surface area contributed by atoms with Crippen LogP contribution in [0.5, 0.6) is 0 Å². The zero-order valence-corrected chi connectivity index (χ0v) is 22.4. The third-order valence-electron chi connectivity index (χ3n) is 5.50. The summed E-state index contributed by atoms with van der Waals surface area (Å²) in [6.45, 7) is 0. The Kier molecular flexibility index (Phi) is 11.4. The Hall–Kier alpha value is -3.56.